The Morgan fingerprint density at radius 2 is 1.64 bits per heavy atom. The molecule has 6 rings (SSSR count). The first kappa shape index (κ1) is 29.9. The molecule has 2 aliphatic heterocycles. The van der Waals surface area contributed by atoms with Crippen molar-refractivity contribution < 1.29 is 26.4 Å². The number of amides is 1. The molecule has 230 valence electrons. The minimum absolute atomic E-state index is 0.0859. The van der Waals surface area contributed by atoms with E-state index in [-0.39, 0.29) is 28.9 Å². The molecule has 2 aliphatic rings. The zero-order valence-corrected chi connectivity index (χ0v) is 24.8. The van der Waals surface area contributed by atoms with Crippen molar-refractivity contribution in [1.82, 2.24) is 29.5 Å². The van der Waals surface area contributed by atoms with E-state index in [1.54, 1.807) is 54.6 Å². The molecule has 2 aromatic carbocycles. The molecule has 0 saturated carbocycles. The Morgan fingerprint density at radius 3 is 2.27 bits per heavy atom. The smallest absolute Gasteiger partial charge is 0.273 e. The molecule has 0 radical (unpaired) electrons. The number of halogens is 3. The molecule has 4 heterocycles. The Balaban J connectivity index is 1.24. The maximum absolute atomic E-state index is 15.2. The van der Waals surface area contributed by atoms with Crippen molar-refractivity contribution in [2.24, 2.45) is 0 Å². The number of rotatable bonds is 7. The van der Waals surface area contributed by atoms with Crippen LogP contribution in [0.2, 0.25) is 0 Å². The predicted octanol–water partition coefficient (Wildman–Crippen LogP) is 4.46. The second-order valence-corrected chi connectivity index (χ2v) is 13.4. The van der Waals surface area contributed by atoms with Gasteiger partial charge < -0.3 is 4.90 Å². The molecule has 0 N–H and O–H groups in total. The van der Waals surface area contributed by atoms with Gasteiger partial charge in [-0.3, -0.25) is 9.69 Å². The van der Waals surface area contributed by atoms with E-state index in [9.17, 15) is 17.6 Å². The average molecular weight is 625 g/mol. The summed E-state index contributed by atoms with van der Waals surface area (Å²) in [6.45, 7) is 1.11. The zero-order chi connectivity index (χ0) is 31.1. The third-order valence-electron chi connectivity index (χ3n) is 8.37. The van der Waals surface area contributed by atoms with Crippen LogP contribution in [0, 0.1) is 5.82 Å². The average Bonchev–Trinajstić information content (AvgIpc) is 3.59. The molecule has 0 bridgehead atoms. The lowest BCUT2D eigenvalue weighted by Gasteiger charge is -2.32. The number of benzene rings is 2. The van der Waals surface area contributed by atoms with Crippen LogP contribution >= 0.6 is 0 Å². The Morgan fingerprint density at radius 1 is 0.977 bits per heavy atom. The topological polar surface area (TPSA) is 101 Å². The van der Waals surface area contributed by atoms with E-state index in [4.69, 9.17) is 0 Å². The highest BCUT2D eigenvalue weighted by Crippen LogP contribution is 2.41. The van der Waals surface area contributed by atoms with Crippen molar-refractivity contribution in [3.05, 3.63) is 101 Å². The second kappa shape index (κ2) is 11.8. The van der Waals surface area contributed by atoms with Gasteiger partial charge in [0.2, 0.25) is 0 Å². The van der Waals surface area contributed by atoms with Crippen molar-refractivity contribution in [3.63, 3.8) is 0 Å². The molecular weight excluding hydrogens is 593 g/mol. The molecule has 0 spiro atoms. The summed E-state index contributed by atoms with van der Waals surface area (Å²) in [4.78, 5) is 25.7. The molecule has 44 heavy (non-hydrogen) atoms. The van der Waals surface area contributed by atoms with Crippen LogP contribution < -0.4 is 0 Å². The van der Waals surface area contributed by atoms with Crippen molar-refractivity contribution in [2.45, 2.75) is 42.0 Å². The Kier molecular flexibility index (Phi) is 8.01. The standard InChI is InChI=1S/C31H31F3N6O3S/c1-44(42,43)25-9-7-21(8-10-25)18-38-13-11-23(12-14-38)28-26(17-37-40(28)30-35-15-24(32)16-36-30)29(41)39-19-27(31(33,34)20-39)22-5-3-2-4-6-22/h2-10,15-17,23,27H,11-14,18-20H2,1H3. The van der Waals surface area contributed by atoms with Gasteiger partial charge >= 0.3 is 0 Å². The van der Waals surface area contributed by atoms with Crippen LogP contribution in [-0.2, 0) is 16.4 Å². The quantitative estimate of drug-likeness (QED) is 0.299. The number of hydrogen-bond donors (Lipinski definition) is 0. The van der Waals surface area contributed by atoms with E-state index in [1.807, 2.05) is 0 Å². The van der Waals surface area contributed by atoms with Gasteiger partial charge in [-0.2, -0.15) is 5.10 Å². The summed E-state index contributed by atoms with van der Waals surface area (Å²) in [6, 6.07) is 15.3. The van der Waals surface area contributed by atoms with Gasteiger partial charge in [0.1, 0.15) is 0 Å². The largest absolute Gasteiger partial charge is 0.332 e. The van der Waals surface area contributed by atoms with Crippen LogP contribution in [0.5, 0.6) is 0 Å². The fraction of sp³-hybridized carbons (Fsp3) is 0.355. The number of alkyl halides is 2. The molecule has 0 aliphatic carbocycles. The van der Waals surface area contributed by atoms with Crippen molar-refractivity contribution in [3.8, 4) is 5.95 Å². The van der Waals surface area contributed by atoms with E-state index in [0.29, 0.717) is 43.7 Å². The monoisotopic (exact) mass is 624 g/mol. The fourth-order valence-corrected chi connectivity index (χ4v) is 6.73. The van der Waals surface area contributed by atoms with Crippen LogP contribution in [0.4, 0.5) is 13.2 Å². The number of aromatic nitrogens is 4. The maximum Gasteiger partial charge on any atom is 0.273 e. The molecule has 2 saturated heterocycles. The number of hydrogen-bond acceptors (Lipinski definition) is 7. The van der Waals surface area contributed by atoms with Crippen LogP contribution in [-0.4, -0.2) is 82.2 Å². The van der Waals surface area contributed by atoms with Crippen molar-refractivity contribution >= 4 is 15.7 Å². The number of likely N-dealkylation sites (tertiary alicyclic amines) is 2. The summed E-state index contributed by atoms with van der Waals surface area (Å²) in [7, 11) is -3.28. The lowest BCUT2D eigenvalue weighted by molar-refractivity contribution is -0.00244. The van der Waals surface area contributed by atoms with E-state index in [2.05, 4.69) is 20.0 Å². The molecule has 1 amide bonds. The molecule has 13 heteroatoms. The molecule has 9 nitrogen and oxygen atoms in total. The van der Waals surface area contributed by atoms with Crippen LogP contribution in [0.3, 0.4) is 0 Å². The first-order valence-corrected chi connectivity index (χ1v) is 16.2. The number of sulfone groups is 1. The molecule has 1 unspecified atom stereocenters. The highest BCUT2D eigenvalue weighted by atomic mass is 32.2. The molecule has 2 fully saturated rings. The van der Waals surface area contributed by atoms with E-state index < -0.39 is 39.9 Å². The van der Waals surface area contributed by atoms with E-state index in [1.165, 1.54) is 22.0 Å². The van der Waals surface area contributed by atoms with E-state index in [0.717, 1.165) is 18.0 Å². The van der Waals surface area contributed by atoms with Gasteiger partial charge in [0.05, 0.1) is 47.2 Å². The summed E-state index contributed by atoms with van der Waals surface area (Å²) < 4.78 is 69.0. The highest BCUT2D eigenvalue weighted by molar-refractivity contribution is 7.90. The number of piperidine rings is 1. The van der Waals surface area contributed by atoms with E-state index >= 15 is 8.78 Å². The summed E-state index contributed by atoms with van der Waals surface area (Å²) in [5, 5.41) is 4.38. The first-order chi connectivity index (χ1) is 21.0. The number of carbonyl (C=O) groups excluding carboxylic acids is 1. The normalized spacial score (nSPS) is 19.4. The van der Waals surface area contributed by atoms with Crippen LogP contribution in [0.25, 0.3) is 5.95 Å². The number of nitrogens with zero attached hydrogens (tertiary/aromatic N) is 6. The SMILES string of the molecule is CS(=O)(=O)c1ccc(CN2CCC(c3c(C(=O)N4CC(c5ccccc5)C(F)(F)C4)cnn3-c3ncc(F)cn3)CC2)cc1. The summed E-state index contributed by atoms with van der Waals surface area (Å²) in [6.07, 6.45) is 5.84. The van der Waals surface area contributed by atoms with Gasteiger partial charge in [-0.05, 0) is 49.2 Å². The zero-order valence-electron chi connectivity index (χ0n) is 24.0. The molecule has 2 aromatic heterocycles. The summed E-state index contributed by atoms with van der Waals surface area (Å²) >= 11 is 0. The minimum Gasteiger partial charge on any atom is -0.332 e. The third-order valence-corrected chi connectivity index (χ3v) is 9.50. The Bertz CT molecular complexity index is 1740. The molecule has 1 atom stereocenters. The van der Waals surface area contributed by atoms with Gasteiger partial charge in [-0.25, -0.2) is 36.2 Å². The fourth-order valence-electron chi connectivity index (χ4n) is 6.10. The maximum atomic E-state index is 15.2. The Labute approximate surface area is 253 Å². The van der Waals surface area contributed by atoms with Gasteiger partial charge in [0.15, 0.2) is 15.7 Å². The molecule has 4 aromatic rings. The van der Waals surface area contributed by atoms with Crippen molar-refractivity contribution in [2.75, 3.05) is 32.4 Å². The number of carbonyl (C=O) groups is 1. The predicted molar refractivity (Wildman–Crippen MR) is 156 cm³/mol. The Hall–Kier alpha value is -4.10. The third kappa shape index (κ3) is 6.11. The second-order valence-electron chi connectivity index (χ2n) is 11.4. The van der Waals surface area contributed by atoms with Crippen molar-refractivity contribution in [1.29, 1.82) is 0 Å². The highest BCUT2D eigenvalue weighted by Gasteiger charge is 2.50. The van der Waals surface area contributed by atoms with Crippen LogP contribution in [0.15, 0.2) is 78.1 Å². The van der Waals surface area contributed by atoms with Gasteiger partial charge in [-0.15, -0.1) is 0 Å². The van der Waals surface area contributed by atoms with Crippen LogP contribution in [0.1, 0.15) is 51.9 Å². The first-order valence-electron chi connectivity index (χ1n) is 14.3. The van der Waals surface area contributed by atoms with Gasteiger partial charge in [0.25, 0.3) is 17.8 Å². The summed E-state index contributed by atoms with van der Waals surface area (Å²) in [5.41, 5.74) is 2.17. The lowest BCUT2D eigenvalue weighted by Crippen LogP contribution is -2.35. The summed E-state index contributed by atoms with van der Waals surface area (Å²) in [5.74, 6) is -5.47. The van der Waals surface area contributed by atoms with Gasteiger partial charge in [0, 0.05) is 25.3 Å². The molecular formula is C31H31F3N6O3S. The lowest BCUT2D eigenvalue weighted by atomic mass is 9.90. The van der Waals surface area contributed by atoms with Gasteiger partial charge in [-0.1, -0.05) is 42.5 Å². The minimum atomic E-state index is -3.28.